The van der Waals surface area contributed by atoms with Crippen LogP contribution in [0.15, 0.2) is 47.2 Å². The predicted octanol–water partition coefficient (Wildman–Crippen LogP) is 4.84. The third-order valence-corrected chi connectivity index (χ3v) is 6.01. The average Bonchev–Trinajstić information content (AvgIpc) is 3.32. The molecule has 4 aromatic rings. The third-order valence-electron chi connectivity index (χ3n) is 4.81. The van der Waals surface area contributed by atoms with Crippen LogP contribution in [0, 0.1) is 0 Å². The second-order valence-corrected chi connectivity index (χ2v) is 7.59. The molecule has 0 amide bonds. The number of hydrogen-bond acceptors (Lipinski definition) is 6. The van der Waals surface area contributed by atoms with Crippen LogP contribution in [-0.4, -0.2) is 15.1 Å². The van der Waals surface area contributed by atoms with Crippen LogP contribution in [0.25, 0.3) is 21.5 Å². The van der Waals surface area contributed by atoms with E-state index in [1.807, 2.05) is 47.7 Å². The lowest BCUT2D eigenvalue weighted by molar-refractivity contribution is 0.390. The van der Waals surface area contributed by atoms with E-state index in [-0.39, 0.29) is 0 Å². The Bertz CT molecular complexity index is 1050. The van der Waals surface area contributed by atoms with Crippen molar-refractivity contribution in [3.8, 4) is 11.3 Å². The van der Waals surface area contributed by atoms with E-state index in [9.17, 15) is 0 Å². The van der Waals surface area contributed by atoms with E-state index in [0.717, 1.165) is 34.1 Å². The normalized spacial score (nSPS) is 13.7. The SMILES string of the molecule is c1ccc(-c2cc(CNc3ncnc4sc5c(c34)CCCC5)on2)cc1. The summed E-state index contributed by atoms with van der Waals surface area (Å²) < 4.78 is 5.49. The first-order valence-electron chi connectivity index (χ1n) is 8.88. The monoisotopic (exact) mass is 362 g/mol. The molecule has 6 heteroatoms. The van der Waals surface area contributed by atoms with Gasteiger partial charge in [-0.15, -0.1) is 11.3 Å². The summed E-state index contributed by atoms with van der Waals surface area (Å²) in [5.41, 5.74) is 3.34. The summed E-state index contributed by atoms with van der Waals surface area (Å²) in [7, 11) is 0. The van der Waals surface area contributed by atoms with E-state index < -0.39 is 0 Å². The number of aromatic nitrogens is 3. The maximum atomic E-state index is 5.49. The van der Waals surface area contributed by atoms with Gasteiger partial charge in [0.05, 0.1) is 11.9 Å². The number of nitrogens with zero attached hydrogens (tertiary/aromatic N) is 3. The molecule has 1 aliphatic rings. The first-order chi connectivity index (χ1) is 12.9. The van der Waals surface area contributed by atoms with Gasteiger partial charge in [-0.3, -0.25) is 0 Å². The van der Waals surface area contributed by atoms with E-state index in [4.69, 9.17) is 4.52 Å². The summed E-state index contributed by atoms with van der Waals surface area (Å²) in [5, 5.41) is 8.79. The molecular formula is C20H18N4OS. The number of thiophene rings is 1. The Morgan fingerprint density at radius 3 is 2.88 bits per heavy atom. The molecule has 5 rings (SSSR count). The lowest BCUT2D eigenvalue weighted by atomic mass is 9.97. The van der Waals surface area contributed by atoms with E-state index in [0.29, 0.717) is 6.54 Å². The van der Waals surface area contributed by atoms with Crippen LogP contribution in [0.1, 0.15) is 29.0 Å². The van der Waals surface area contributed by atoms with E-state index in [2.05, 4.69) is 20.4 Å². The first kappa shape index (κ1) is 15.5. The van der Waals surface area contributed by atoms with Gasteiger partial charge in [0.15, 0.2) is 5.76 Å². The standard InChI is InChI=1S/C20H18N4OS/c1-2-6-13(7-3-1)16-10-14(25-24-16)11-21-19-18-15-8-4-5-9-17(15)26-20(18)23-12-22-19/h1-3,6-7,10,12H,4-5,8-9,11H2,(H,21,22,23). The van der Waals surface area contributed by atoms with Gasteiger partial charge in [0.1, 0.15) is 22.7 Å². The molecule has 1 aromatic carbocycles. The zero-order chi connectivity index (χ0) is 17.3. The molecule has 0 spiro atoms. The molecule has 3 aromatic heterocycles. The average molecular weight is 362 g/mol. The first-order valence-corrected chi connectivity index (χ1v) is 9.70. The molecule has 0 unspecified atom stereocenters. The van der Waals surface area contributed by atoms with Crippen molar-refractivity contribution in [3.05, 3.63) is 58.9 Å². The van der Waals surface area contributed by atoms with Crippen LogP contribution >= 0.6 is 11.3 Å². The van der Waals surface area contributed by atoms with Crippen molar-refractivity contribution in [3.63, 3.8) is 0 Å². The Hall–Kier alpha value is -2.73. The highest BCUT2D eigenvalue weighted by Crippen LogP contribution is 2.38. The van der Waals surface area contributed by atoms with Gasteiger partial charge in [-0.1, -0.05) is 35.5 Å². The number of fused-ring (bicyclic) bond motifs is 3. The minimum Gasteiger partial charge on any atom is -0.362 e. The van der Waals surface area contributed by atoms with Gasteiger partial charge in [0.25, 0.3) is 0 Å². The summed E-state index contributed by atoms with van der Waals surface area (Å²) in [5.74, 6) is 1.69. The quantitative estimate of drug-likeness (QED) is 0.563. The number of benzene rings is 1. The van der Waals surface area contributed by atoms with Crippen LogP contribution in [-0.2, 0) is 19.4 Å². The summed E-state index contributed by atoms with van der Waals surface area (Å²) in [4.78, 5) is 11.5. The van der Waals surface area contributed by atoms with Gasteiger partial charge >= 0.3 is 0 Å². The highest BCUT2D eigenvalue weighted by atomic mass is 32.1. The predicted molar refractivity (Wildman–Crippen MR) is 103 cm³/mol. The second kappa shape index (κ2) is 6.53. The van der Waals surface area contributed by atoms with Crippen molar-refractivity contribution >= 4 is 27.4 Å². The zero-order valence-electron chi connectivity index (χ0n) is 14.2. The third kappa shape index (κ3) is 2.76. The molecule has 0 fully saturated rings. The molecule has 0 saturated heterocycles. The van der Waals surface area contributed by atoms with E-state index in [1.165, 1.54) is 35.1 Å². The molecule has 26 heavy (non-hydrogen) atoms. The van der Waals surface area contributed by atoms with Crippen molar-refractivity contribution < 1.29 is 4.52 Å². The second-order valence-electron chi connectivity index (χ2n) is 6.51. The van der Waals surface area contributed by atoms with Gasteiger partial charge in [0, 0.05) is 16.5 Å². The van der Waals surface area contributed by atoms with Crippen LogP contribution in [0.3, 0.4) is 0 Å². The molecule has 0 bridgehead atoms. The van der Waals surface area contributed by atoms with Gasteiger partial charge in [-0.2, -0.15) is 0 Å². The maximum absolute atomic E-state index is 5.49. The molecule has 130 valence electrons. The Morgan fingerprint density at radius 2 is 1.96 bits per heavy atom. The Kier molecular flexibility index (Phi) is 3.90. The van der Waals surface area contributed by atoms with Crippen molar-refractivity contribution in [1.82, 2.24) is 15.1 Å². The summed E-state index contributed by atoms with van der Waals surface area (Å²) in [6, 6.07) is 12.0. The fourth-order valence-electron chi connectivity index (χ4n) is 3.54. The van der Waals surface area contributed by atoms with Crippen LogP contribution in [0.5, 0.6) is 0 Å². The van der Waals surface area contributed by atoms with Crippen molar-refractivity contribution in [1.29, 1.82) is 0 Å². The minimum atomic E-state index is 0.552. The van der Waals surface area contributed by atoms with Crippen molar-refractivity contribution in [2.45, 2.75) is 32.2 Å². The fraction of sp³-hybridized carbons (Fsp3) is 0.250. The highest BCUT2D eigenvalue weighted by Gasteiger charge is 2.20. The summed E-state index contributed by atoms with van der Waals surface area (Å²) >= 11 is 1.81. The van der Waals surface area contributed by atoms with Gasteiger partial charge < -0.3 is 9.84 Å². The molecule has 3 heterocycles. The van der Waals surface area contributed by atoms with E-state index >= 15 is 0 Å². The molecule has 0 atom stereocenters. The van der Waals surface area contributed by atoms with Crippen molar-refractivity contribution in [2.75, 3.05) is 5.32 Å². The van der Waals surface area contributed by atoms with Crippen LogP contribution < -0.4 is 5.32 Å². The largest absolute Gasteiger partial charge is 0.362 e. The van der Waals surface area contributed by atoms with Crippen LogP contribution in [0.4, 0.5) is 5.82 Å². The lowest BCUT2D eigenvalue weighted by Crippen LogP contribution is -2.04. The number of rotatable bonds is 4. The van der Waals surface area contributed by atoms with Gasteiger partial charge in [0.2, 0.25) is 0 Å². The smallest absolute Gasteiger partial charge is 0.156 e. The number of nitrogens with one attached hydrogen (secondary N) is 1. The zero-order valence-corrected chi connectivity index (χ0v) is 15.1. The Morgan fingerprint density at radius 1 is 1.08 bits per heavy atom. The van der Waals surface area contributed by atoms with Gasteiger partial charge in [-0.25, -0.2) is 9.97 Å². The molecular weight excluding hydrogens is 344 g/mol. The topological polar surface area (TPSA) is 63.8 Å². The number of aryl methyl sites for hydroxylation is 2. The van der Waals surface area contributed by atoms with Crippen molar-refractivity contribution in [2.24, 2.45) is 0 Å². The molecule has 0 radical (unpaired) electrons. The Balaban J connectivity index is 1.41. The number of anilines is 1. The summed E-state index contributed by atoms with van der Waals surface area (Å²) in [6.45, 7) is 0.552. The number of hydrogen-bond donors (Lipinski definition) is 1. The maximum Gasteiger partial charge on any atom is 0.156 e. The minimum absolute atomic E-state index is 0.552. The van der Waals surface area contributed by atoms with Crippen LogP contribution in [0.2, 0.25) is 0 Å². The Labute approximate surface area is 155 Å². The molecule has 1 N–H and O–H groups in total. The highest BCUT2D eigenvalue weighted by molar-refractivity contribution is 7.19. The molecule has 1 aliphatic carbocycles. The lowest BCUT2D eigenvalue weighted by Gasteiger charge is -2.11. The van der Waals surface area contributed by atoms with E-state index in [1.54, 1.807) is 6.33 Å². The molecule has 0 aliphatic heterocycles. The molecule has 5 nitrogen and oxygen atoms in total. The summed E-state index contributed by atoms with van der Waals surface area (Å²) in [6.07, 6.45) is 6.45. The fourth-order valence-corrected chi connectivity index (χ4v) is 4.77. The molecule has 0 saturated carbocycles. The van der Waals surface area contributed by atoms with Gasteiger partial charge in [-0.05, 0) is 31.2 Å².